The zero-order chi connectivity index (χ0) is 13.9. The van der Waals surface area contributed by atoms with Crippen LogP contribution in [-0.4, -0.2) is 11.9 Å². The minimum atomic E-state index is 0.127. The second-order valence-electron chi connectivity index (χ2n) is 6.30. The lowest BCUT2D eigenvalue weighted by atomic mass is 9.90. The molecule has 108 valence electrons. The number of nitrogens with one attached hydrogen (secondary N) is 1. The van der Waals surface area contributed by atoms with Crippen molar-refractivity contribution in [2.75, 3.05) is 0 Å². The van der Waals surface area contributed by atoms with Crippen LogP contribution >= 0.6 is 0 Å². The molecule has 3 nitrogen and oxygen atoms in total. The monoisotopic (exact) mass is 272 g/mol. The van der Waals surface area contributed by atoms with Crippen LogP contribution in [-0.2, 0) is 24.2 Å². The van der Waals surface area contributed by atoms with Crippen molar-refractivity contribution >= 4 is 5.91 Å². The fourth-order valence-electron chi connectivity index (χ4n) is 3.48. The largest absolute Gasteiger partial charge is 0.352 e. The lowest BCUT2D eigenvalue weighted by Crippen LogP contribution is -2.30. The van der Waals surface area contributed by atoms with Gasteiger partial charge in [-0.25, -0.2) is 0 Å². The van der Waals surface area contributed by atoms with Gasteiger partial charge in [-0.1, -0.05) is 18.2 Å². The summed E-state index contributed by atoms with van der Waals surface area (Å²) in [6, 6.07) is 6.89. The highest BCUT2D eigenvalue weighted by Crippen LogP contribution is 2.25. The van der Waals surface area contributed by atoms with Gasteiger partial charge in [0.25, 0.3) is 0 Å². The van der Waals surface area contributed by atoms with Crippen LogP contribution in [0.5, 0.6) is 0 Å². The van der Waals surface area contributed by atoms with Crippen molar-refractivity contribution in [3.8, 4) is 0 Å². The van der Waals surface area contributed by atoms with Crippen LogP contribution < -0.4 is 11.1 Å². The molecule has 2 aliphatic carbocycles. The van der Waals surface area contributed by atoms with Crippen molar-refractivity contribution in [2.24, 2.45) is 11.7 Å². The molecule has 3 heteroatoms. The first-order valence-electron chi connectivity index (χ1n) is 7.86. The molecule has 1 aromatic rings. The van der Waals surface area contributed by atoms with Gasteiger partial charge in [0.15, 0.2) is 0 Å². The number of fused-ring (bicyclic) bond motifs is 1. The highest BCUT2D eigenvalue weighted by Gasteiger charge is 2.27. The number of carbonyl (C=O) groups excluding carboxylic acids is 1. The summed E-state index contributed by atoms with van der Waals surface area (Å²) in [7, 11) is 0. The number of benzene rings is 1. The third-order valence-electron chi connectivity index (χ3n) is 4.72. The fourth-order valence-corrected chi connectivity index (χ4v) is 3.48. The minimum Gasteiger partial charge on any atom is -0.352 e. The number of nitrogens with two attached hydrogens (primary N) is 1. The van der Waals surface area contributed by atoms with Gasteiger partial charge < -0.3 is 11.1 Å². The Hall–Kier alpha value is -1.35. The topological polar surface area (TPSA) is 55.1 Å². The summed E-state index contributed by atoms with van der Waals surface area (Å²) in [6.07, 6.45) is 7.77. The molecule has 1 amide bonds. The van der Waals surface area contributed by atoms with Crippen molar-refractivity contribution in [1.29, 1.82) is 0 Å². The SMILES string of the molecule is N[C@@H]1CC[C@H](C(=O)NCc2ccc3c(c2)CCCC3)C1. The van der Waals surface area contributed by atoms with Crippen molar-refractivity contribution < 1.29 is 4.79 Å². The second-order valence-corrected chi connectivity index (χ2v) is 6.30. The third kappa shape index (κ3) is 3.04. The molecule has 2 aliphatic rings. The maximum atomic E-state index is 12.1. The zero-order valence-electron chi connectivity index (χ0n) is 12.0. The quantitative estimate of drug-likeness (QED) is 0.887. The molecular weight excluding hydrogens is 248 g/mol. The average molecular weight is 272 g/mol. The Morgan fingerprint density at radius 3 is 2.75 bits per heavy atom. The minimum absolute atomic E-state index is 0.127. The van der Waals surface area contributed by atoms with Crippen LogP contribution in [0, 0.1) is 5.92 Å². The van der Waals surface area contributed by atoms with Crippen molar-refractivity contribution in [3.05, 3.63) is 34.9 Å². The Labute approximate surface area is 120 Å². The number of hydrogen-bond donors (Lipinski definition) is 2. The van der Waals surface area contributed by atoms with Gasteiger partial charge in [-0.3, -0.25) is 4.79 Å². The fraction of sp³-hybridized carbons (Fsp3) is 0.588. The molecule has 0 radical (unpaired) electrons. The molecule has 0 spiro atoms. The van der Waals surface area contributed by atoms with Crippen molar-refractivity contribution in [2.45, 2.75) is 57.5 Å². The van der Waals surface area contributed by atoms with Gasteiger partial charge in [0.1, 0.15) is 0 Å². The number of amides is 1. The van der Waals surface area contributed by atoms with E-state index in [-0.39, 0.29) is 17.9 Å². The van der Waals surface area contributed by atoms with Gasteiger partial charge in [0, 0.05) is 18.5 Å². The first-order chi connectivity index (χ1) is 9.72. The summed E-state index contributed by atoms with van der Waals surface area (Å²) in [4.78, 5) is 12.1. The molecule has 1 fully saturated rings. The number of carbonyl (C=O) groups is 1. The van der Waals surface area contributed by atoms with E-state index in [9.17, 15) is 4.79 Å². The van der Waals surface area contributed by atoms with Crippen LogP contribution in [0.1, 0.15) is 48.8 Å². The first-order valence-corrected chi connectivity index (χ1v) is 7.86. The van der Waals surface area contributed by atoms with Crippen LogP contribution in [0.4, 0.5) is 0 Å². The summed E-state index contributed by atoms with van der Waals surface area (Å²) < 4.78 is 0. The van der Waals surface area contributed by atoms with E-state index in [0.29, 0.717) is 6.54 Å². The predicted octanol–water partition coefficient (Wildman–Crippen LogP) is 2.31. The molecule has 0 saturated heterocycles. The van der Waals surface area contributed by atoms with Gasteiger partial charge >= 0.3 is 0 Å². The van der Waals surface area contributed by atoms with Gasteiger partial charge in [-0.2, -0.15) is 0 Å². The summed E-state index contributed by atoms with van der Waals surface area (Å²) in [5.41, 5.74) is 10.1. The molecule has 0 unspecified atom stereocenters. The summed E-state index contributed by atoms with van der Waals surface area (Å²) in [6.45, 7) is 0.651. The smallest absolute Gasteiger partial charge is 0.223 e. The molecule has 0 heterocycles. The van der Waals surface area contributed by atoms with Crippen LogP contribution in [0.2, 0.25) is 0 Å². The van der Waals surface area contributed by atoms with E-state index in [1.807, 2.05) is 0 Å². The van der Waals surface area contributed by atoms with E-state index in [1.165, 1.54) is 42.4 Å². The predicted molar refractivity (Wildman–Crippen MR) is 80.2 cm³/mol. The third-order valence-corrected chi connectivity index (χ3v) is 4.72. The molecule has 2 atom stereocenters. The van der Waals surface area contributed by atoms with Crippen LogP contribution in [0.25, 0.3) is 0 Å². The van der Waals surface area contributed by atoms with Crippen LogP contribution in [0.15, 0.2) is 18.2 Å². The molecule has 0 bridgehead atoms. The highest BCUT2D eigenvalue weighted by molar-refractivity contribution is 5.79. The molecule has 1 aromatic carbocycles. The van der Waals surface area contributed by atoms with E-state index in [1.54, 1.807) is 0 Å². The standard InChI is InChI=1S/C17H24N2O/c18-16-8-7-15(10-16)17(20)19-11-12-5-6-13-3-1-2-4-14(13)9-12/h5-6,9,15-16H,1-4,7-8,10-11,18H2,(H,19,20)/t15-,16+/m0/s1. The second kappa shape index (κ2) is 5.96. The normalized spacial score (nSPS) is 25.2. The lowest BCUT2D eigenvalue weighted by molar-refractivity contribution is -0.125. The Bertz CT molecular complexity index is 498. The van der Waals surface area contributed by atoms with Gasteiger partial charge in [-0.15, -0.1) is 0 Å². The van der Waals surface area contributed by atoms with Gasteiger partial charge in [0.05, 0.1) is 0 Å². The first kappa shape index (κ1) is 13.6. The van der Waals surface area contributed by atoms with E-state index in [4.69, 9.17) is 5.73 Å². The van der Waals surface area contributed by atoms with Crippen molar-refractivity contribution in [3.63, 3.8) is 0 Å². The maximum Gasteiger partial charge on any atom is 0.223 e. The molecule has 1 saturated carbocycles. The Morgan fingerprint density at radius 1 is 1.20 bits per heavy atom. The Kier molecular flexibility index (Phi) is 4.06. The molecular formula is C17H24N2O. The maximum absolute atomic E-state index is 12.1. The zero-order valence-corrected chi connectivity index (χ0v) is 12.0. The molecule has 0 aliphatic heterocycles. The van der Waals surface area contributed by atoms with Crippen molar-refractivity contribution in [1.82, 2.24) is 5.32 Å². The summed E-state index contributed by atoms with van der Waals surface area (Å²) >= 11 is 0. The molecule has 3 N–H and O–H groups in total. The van der Waals surface area contributed by atoms with Gasteiger partial charge in [-0.05, 0) is 61.6 Å². The number of rotatable bonds is 3. The molecule has 3 rings (SSSR count). The van der Waals surface area contributed by atoms with Gasteiger partial charge in [0.2, 0.25) is 5.91 Å². The molecule has 0 aromatic heterocycles. The molecule has 20 heavy (non-hydrogen) atoms. The van der Waals surface area contributed by atoms with E-state index in [0.717, 1.165) is 19.3 Å². The Morgan fingerprint density at radius 2 is 2.00 bits per heavy atom. The summed E-state index contributed by atoms with van der Waals surface area (Å²) in [5.74, 6) is 0.304. The van der Waals surface area contributed by atoms with E-state index >= 15 is 0 Å². The highest BCUT2D eigenvalue weighted by atomic mass is 16.1. The summed E-state index contributed by atoms with van der Waals surface area (Å²) in [5, 5.41) is 3.07. The number of hydrogen-bond acceptors (Lipinski definition) is 2. The van der Waals surface area contributed by atoms with E-state index < -0.39 is 0 Å². The average Bonchev–Trinajstić information content (AvgIpc) is 2.91. The van der Waals surface area contributed by atoms with E-state index in [2.05, 4.69) is 23.5 Å². The lowest BCUT2D eigenvalue weighted by Gasteiger charge is -2.17. The van der Waals surface area contributed by atoms with Crippen LogP contribution in [0.3, 0.4) is 0 Å². The Balaban J connectivity index is 1.57. The number of aryl methyl sites for hydroxylation is 2.